The first kappa shape index (κ1) is 11.2. The summed E-state index contributed by atoms with van der Waals surface area (Å²) in [5.41, 5.74) is 1.43. The first-order valence-corrected chi connectivity index (χ1v) is 4.93. The van der Waals surface area contributed by atoms with Gasteiger partial charge in [-0.15, -0.1) is 0 Å². The predicted molar refractivity (Wildman–Crippen MR) is 58.8 cm³/mol. The van der Waals surface area contributed by atoms with Gasteiger partial charge in [0.2, 0.25) is 0 Å². The molecule has 86 valence electrons. The maximum atomic E-state index is 13.1. The number of carboxylic acid groups (broad SMARTS) is 1. The summed E-state index contributed by atoms with van der Waals surface area (Å²) in [6, 6.07) is 4.70. The van der Waals surface area contributed by atoms with Gasteiger partial charge in [-0.05, 0) is 12.1 Å². The molecule has 0 aromatic carbocycles. The maximum Gasteiger partial charge on any atom is 0.309 e. The van der Waals surface area contributed by atoms with Crippen molar-refractivity contribution in [1.29, 1.82) is 0 Å². The van der Waals surface area contributed by atoms with Crippen LogP contribution >= 0.6 is 0 Å². The number of nitrogens with zero attached hydrogens (tertiary/aromatic N) is 2. The number of carbonyl (C=O) groups is 1. The van der Waals surface area contributed by atoms with Crippen LogP contribution in [0.5, 0.6) is 0 Å². The topological polar surface area (TPSA) is 63.1 Å². The molecule has 0 bridgehead atoms. The van der Waals surface area contributed by atoms with Gasteiger partial charge in [0.25, 0.3) is 0 Å². The van der Waals surface area contributed by atoms with E-state index in [1.54, 1.807) is 24.5 Å². The average molecular weight is 232 g/mol. The van der Waals surface area contributed by atoms with Crippen LogP contribution < -0.4 is 0 Å². The van der Waals surface area contributed by atoms with E-state index in [0.29, 0.717) is 16.8 Å². The van der Waals surface area contributed by atoms with E-state index in [-0.39, 0.29) is 6.42 Å². The first-order valence-electron chi connectivity index (χ1n) is 4.93. The molecular weight excluding hydrogens is 223 g/mol. The number of halogens is 1. The molecule has 0 atom stereocenters. The van der Waals surface area contributed by atoms with Crippen LogP contribution in [0, 0.1) is 5.82 Å². The highest BCUT2D eigenvalue weighted by Gasteiger charge is 2.11. The van der Waals surface area contributed by atoms with Crippen molar-refractivity contribution >= 4 is 5.97 Å². The molecule has 17 heavy (non-hydrogen) atoms. The molecule has 0 fully saturated rings. The number of aliphatic carboxylic acids is 1. The number of rotatable bonds is 3. The average Bonchev–Trinajstić information content (AvgIpc) is 2.32. The molecule has 0 amide bonds. The quantitative estimate of drug-likeness (QED) is 0.877. The van der Waals surface area contributed by atoms with Gasteiger partial charge in [0.05, 0.1) is 18.3 Å². The Balaban J connectivity index is 2.51. The molecule has 0 aliphatic heterocycles. The van der Waals surface area contributed by atoms with Crippen molar-refractivity contribution in [3.8, 4) is 11.1 Å². The van der Waals surface area contributed by atoms with Gasteiger partial charge in [-0.2, -0.15) is 0 Å². The zero-order valence-electron chi connectivity index (χ0n) is 8.80. The minimum atomic E-state index is -1.01. The minimum Gasteiger partial charge on any atom is -0.481 e. The SMILES string of the molecule is O=C(O)Cc1ncc(F)cc1-c1cccnc1. The molecule has 2 aromatic rings. The van der Waals surface area contributed by atoms with Gasteiger partial charge in [-0.1, -0.05) is 6.07 Å². The van der Waals surface area contributed by atoms with Crippen LogP contribution in [0.15, 0.2) is 36.8 Å². The van der Waals surface area contributed by atoms with E-state index in [2.05, 4.69) is 9.97 Å². The van der Waals surface area contributed by atoms with E-state index in [1.165, 1.54) is 6.07 Å². The lowest BCUT2D eigenvalue weighted by Gasteiger charge is -2.06. The highest BCUT2D eigenvalue weighted by molar-refractivity contribution is 5.75. The summed E-state index contributed by atoms with van der Waals surface area (Å²) < 4.78 is 13.1. The van der Waals surface area contributed by atoms with Gasteiger partial charge in [0.1, 0.15) is 5.82 Å². The Bertz CT molecular complexity index is 543. The van der Waals surface area contributed by atoms with Crippen molar-refractivity contribution in [2.45, 2.75) is 6.42 Å². The Labute approximate surface area is 96.8 Å². The van der Waals surface area contributed by atoms with Crippen LogP contribution in [0.1, 0.15) is 5.69 Å². The Morgan fingerprint density at radius 2 is 2.24 bits per heavy atom. The number of hydrogen-bond acceptors (Lipinski definition) is 3. The fourth-order valence-corrected chi connectivity index (χ4v) is 1.52. The van der Waals surface area contributed by atoms with Crippen LogP contribution in [0.4, 0.5) is 4.39 Å². The lowest BCUT2D eigenvalue weighted by atomic mass is 10.0. The van der Waals surface area contributed by atoms with Crippen molar-refractivity contribution in [3.05, 3.63) is 48.3 Å². The van der Waals surface area contributed by atoms with Crippen molar-refractivity contribution in [2.75, 3.05) is 0 Å². The summed E-state index contributed by atoms with van der Waals surface area (Å²) in [6.45, 7) is 0. The maximum absolute atomic E-state index is 13.1. The fraction of sp³-hybridized carbons (Fsp3) is 0.0833. The van der Waals surface area contributed by atoms with Crippen molar-refractivity contribution in [1.82, 2.24) is 9.97 Å². The molecule has 0 radical (unpaired) electrons. The van der Waals surface area contributed by atoms with Crippen molar-refractivity contribution < 1.29 is 14.3 Å². The highest BCUT2D eigenvalue weighted by Crippen LogP contribution is 2.22. The van der Waals surface area contributed by atoms with Crippen molar-refractivity contribution in [2.24, 2.45) is 0 Å². The second-order valence-corrected chi connectivity index (χ2v) is 3.46. The van der Waals surface area contributed by atoms with Crippen LogP contribution in [-0.4, -0.2) is 21.0 Å². The Morgan fingerprint density at radius 1 is 1.41 bits per heavy atom. The van der Waals surface area contributed by atoms with Gasteiger partial charge in [0.15, 0.2) is 0 Å². The Kier molecular flexibility index (Phi) is 3.09. The third kappa shape index (κ3) is 2.63. The van der Waals surface area contributed by atoms with Crippen LogP contribution in [-0.2, 0) is 11.2 Å². The lowest BCUT2D eigenvalue weighted by molar-refractivity contribution is -0.136. The summed E-state index contributed by atoms with van der Waals surface area (Å²) in [5.74, 6) is -1.51. The molecule has 2 rings (SSSR count). The minimum absolute atomic E-state index is 0.246. The third-order valence-corrected chi connectivity index (χ3v) is 2.23. The summed E-state index contributed by atoms with van der Waals surface area (Å²) >= 11 is 0. The Morgan fingerprint density at radius 3 is 2.88 bits per heavy atom. The molecule has 1 N–H and O–H groups in total. The number of hydrogen-bond donors (Lipinski definition) is 1. The molecule has 0 aliphatic rings. The summed E-state index contributed by atoms with van der Waals surface area (Å²) in [6.07, 6.45) is 3.90. The third-order valence-electron chi connectivity index (χ3n) is 2.23. The normalized spacial score (nSPS) is 10.2. The smallest absolute Gasteiger partial charge is 0.309 e. The number of pyridine rings is 2. The van der Waals surface area contributed by atoms with E-state index in [9.17, 15) is 9.18 Å². The largest absolute Gasteiger partial charge is 0.481 e. The molecule has 2 aromatic heterocycles. The highest BCUT2D eigenvalue weighted by atomic mass is 19.1. The van der Waals surface area contributed by atoms with Gasteiger partial charge in [-0.3, -0.25) is 14.8 Å². The monoisotopic (exact) mass is 232 g/mol. The first-order chi connectivity index (χ1) is 8.16. The van der Waals surface area contributed by atoms with Gasteiger partial charge < -0.3 is 5.11 Å². The van der Waals surface area contributed by atoms with E-state index in [4.69, 9.17) is 5.11 Å². The molecule has 0 saturated heterocycles. The molecule has 0 spiro atoms. The molecule has 0 saturated carbocycles. The van der Waals surface area contributed by atoms with Crippen LogP contribution in [0.2, 0.25) is 0 Å². The number of carboxylic acids is 1. The Hall–Kier alpha value is -2.30. The molecule has 2 heterocycles. The van der Waals surface area contributed by atoms with E-state index < -0.39 is 11.8 Å². The van der Waals surface area contributed by atoms with Crippen LogP contribution in [0.3, 0.4) is 0 Å². The molecule has 0 aliphatic carbocycles. The second kappa shape index (κ2) is 4.69. The molecule has 4 nitrogen and oxygen atoms in total. The van der Waals surface area contributed by atoms with Crippen LogP contribution in [0.25, 0.3) is 11.1 Å². The van der Waals surface area contributed by atoms with E-state index in [0.717, 1.165) is 6.20 Å². The second-order valence-electron chi connectivity index (χ2n) is 3.46. The summed E-state index contributed by atoms with van der Waals surface area (Å²) in [4.78, 5) is 18.4. The zero-order valence-corrected chi connectivity index (χ0v) is 8.80. The lowest BCUT2D eigenvalue weighted by Crippen LogP contribution is -2.04. The summed E-state index contributed by atoms with van der Waals surface area (Å²) in [5, 5.41) is 8.76. The zero-order chi connectivity index (χ0) is 12.3. The molecule has 5 heteroatoms. The number of aromatic nitrogens is 2. The standard InChI is InChI=1S/C12H9FN2O2/c13-9-4-10(8-2-1-3-14-6-8)11(15-7-9)5-12(16)17/h1-4,6-7H,5H2,(H,16,17). The molecular formula is C12H9FN2O2. The fourth-order valence-electron chi connectivity index (χ4n) is 1.52. The summed E-state index contributed by atoms with van der Waals surface area (Å²) in [7, 11) is 0. The van der Waals surface area contributed by atoms with Gasteiger partial charge >= 0.3 is 5.97 Å². The van der Waals surface area contributed by atoms with E-state index >= 15 is 0 Å². The van der Waals surface area contributed by atoms with E-state index in [1.807, 2.05) is 0 Å². The van der Waals surface area contributed by atoms with Gasteiger partial charge in [0, 0.05) is 23.5 Å². The van der Waals surface area contributed by atoms with Crippen molar-refractivity contribution in [3.63, 3.8) is 0 Å². The molecule has 0 unspecified atom stereocenters. The van der Waals surface area contributed by atoms with Gasteiger partial charge in [-0.25, -0.2) is 4.39 Å². The predicted octanol–water partition coefficient (Wildman–Crippen LogP) is 1.91.